The third kappa shape index (κ3) is 6.61. The Morgan fingerprint density at radius 1 is 1.59 bits per heavy atom. The summed E-state index contributed by atoms with van der Waals surface area (Å²) in [4.78, 5) is 11.6. The summed E-state index contributed by atoms with van der Waals surface area (Å²) in [6.45, 7) is 6.54. The molecular formula is C12H24N2O3. The van der Waals surface area contributed by atoms with Crippen LogP contribution in [0, 0.1) is 5.92 Å². The Balaban J connectivity index is 2.11. The Hall–Kier alpha value is -0.650. The van der Waals surface area contributed by atoms with Crippen LogP contribution in [-0.4, -0.2) is 49.5 Å². The predicted molar refractivity (Wildman–Crippen MR) is 65.7 cm³/mol. The molecule has 1 aliphatic heterocycles. The number of hydrogen-bond donors (Lipinski definition) is 3. The standard InChI is InChI=1S/C12H24N2O3/c1-9(2)5-11(15)7-14-12(16)6-10-8-17-4-3-13-10/h9-11,13,15H,3-8H2,1-2H3,(H,14,16). The molecule has 0 spiro atoms. The second kappa shape index (κ2) is 7.63. The number of amides is 1. The fraction of sp³-hybridized carbons (Fsp3) is 0.917. The third-order valence-electron chi connectivity index (χ3n) is 2.71. The highest BCUT2D eigenvalue weighted by atomic mass is 16.5. The molecule has 1 rings (SSSR count). The van der Waals surface area contributed by atoms with Crippen LogP contribution in [0.3, 0.4) is 0 Å². The van der Waals surface area contributed by atoms with Crippen molar-refractivity contribution in [2.24, 2.45) is 5.92 Å². The third-order valence-corrected chi connectivity index (χ3v) is 2.71. The van der Waals surface area contributed by atoms with E-state index in [2.05, 4.69) is 10.6 Å². The number of hydrogen-bond acceptors (Lipinski definition) is 4. The van der Waals surface area contributed by atoms with Gasteiger partial charge in [-0.3, -0.25) is 4.79 Å². The Bertz CT molecular complexity index is 228. The average Bonchev–Trinajstić information content (AvgIpc) is 2.27. The summed E-state index contributed by atoms with van der Waals surface area (Å²) < 4.78 is 5.27. The lowest BCUT2D eigenvalue weighted by molar-refractivity contribution is -0.122. The minimum absolute atomic E-state index is 0.0317. The summed E-state index contributed by atoms with van der Waals surface area (Å²) in [5.74, 6) is 0.408. The Kier molecular flexibility index (Phi) is 6.47. The molecule has 0 aromatic heterocycles. The average molecular weight is 244 g/mol. The van der Waals surface area contributed by atoms with Crippen molar-refractivity contribution in [2.75, 3.05) is 26.3 Å². The van der Waals surface area contributed by atoms with Crippen molar-refractivity contribution in [3.8, 4) is 0 Å². The zero-order valence-electron chi connectivity index (χ0n) is 10.7. The molecule has 1 heterocycles. The van der Waals surface area contributed by atoms with Gasteiger partial charge in [0.25, 0.3) is 0 Å². The number of carbonyl (C=O) groups is 1. The van der Waals surface area contributed by atoms with Crippen LogP contribution >= 0.6 is 0 Å². The van der Waals surface area contributed by atoms with E-state index >= 15 is 0 Å². The predicted octanol–water partition coefficient (Wildman–Crippen LogP) is -0.112. The molecule has 17 heavy (non-hydrogen) atoms. The van der Waals surface area contributed by atoms with Gasteiger partial charge in [-0.05, 0) is 12.3 Å². The quantitative estimate of drug-likeness (QED) is 0.609. The molecule has 0 aromatic carbocycles. The molecule has 1 aliphatic rings. The normalized spacial score (nSPS) is 22.5. The van der Waals surface area contributed by atoms with Crippen molar-refractivity contribution in [3.05, 3.63) is 0 Å². The van der Waals surface area contributed by atoms with Crippen LogP contribution in [0.25, 0.3) is 0 Å². The molecule has 0 aliphatic carbocycles. The highest BCUT2D eigenvalue weighted by Gasteiger charge is 2.17. The molecule has 0 radical (unpaired) electrons. The minimum Gasteiger partial charge on any atom is -0.391 e. The van der Waals surface area contributed by atoms with Gasteiger partial charge in [-0.1, -0.05) is 13.8 Å². The number of carbonyl (C=O) groups excluding carboxylic acids is 1. The lowest BCUT2D eigenvalue weighted by Gasteiger charge is -2.23. The van der Waals surface area contributed by atoms with E-state index in [1.54, 1.807) is 0 Å². The first-order valence-corrected chi connectivity index (χ1v) is 6.33. The van der Waals surface area contributed by atoms with E-state index in [9.17, 15) is 9.90 Å². The second-order valence-corrected chi connectivity index (χ2v) is 5.02. The van der Waals surface area contributed by atoms with Gasteiger partial charge in [0.2, 0.25) is 5.91 Å². The number of ether oxygens (including phenoxy) is 1. The Labute approximate surface area is 103 Å². The van der Waals surface area contributed by atoms with Gasteiger partial charge in [0, 0.05) is 25.6 Å². The molecular weight excluding hydrogens is 220 g/mol. The second-order valence-electron chi connectivity index (χ2n) is 5.02. The summed E-state index contributed by atoms with van der Waals surface area (Å²) in [5.41, 5.74) is 0. The van der Waals surface area contributed by atoms with Crippen LogP contribution in [0.2, 0.25) is 0 Å². The smallest absolute Gasteiger partial charge is 0.221 e. The van der Waals surface area contributed by atoms with Crippen molar-refractivity contribution >= 4 is 5.91 Å². The summed E-state index contributed by atoms with van der Waals surface area (Å²) in [7, 11) is 0. The minimum atomic E-state index is -0.450. The van der Waals surface area contributed by atoms with Gasteiger partial charge < -0.3 is 20.5 Å². The molecule has 1 amide bonds. The summed E-state index contributed by atoms with van der Waals surface area (Å²) >= 11 is 0. The monoisotopic (exact) mass is 244 g/mol. The summed E-state index contributed by atoms with van der Waals surface area (Å²) in [5, 5.41) is 15.6. The van der Waals surface area contributed by atoms with Crippen LogP contribution in [-0.2, 0) is 9.53 Å². The zero-order valence-corrected chi connectivity index (χ0v) is 10.7. The molecule has 1 fully saturated rings. The summed E-state index contributed by atoms with van der Waals surface area (Å²) in [6, 6.07) is 0.103. The highest BCUT2D eigenvalue weighted by Crippen LogP contribution is 2.03. The van der Waals surface area contributed by atoms with Gasteiger partial charge in [0.1, 0.15) is 0 Å². The van der Waals surface area contributed by atoms with Crippen molar-refractivity contribution in [1.29, 1.82) is 0 Å². The fourth-order valence-electron chi connectivity index (χ4n) is 1.91. The van der Waals surface area contributed by atoms with Crippen molar-refractivity contribution in [1.82, 2.24) is 10.6 Å². The molecule has 5 heteroatoms. The first kappa shape index (κ1) is 14.4. The molecule has 5 nitrogen and oxygen atoms in total. The van der Waals surface area contributed by atoms with Crippen molar-refractivity contribution in [2.45, 2.75) is 38.8 Å². The summed E-state index contributed by atoms with van der Waals surface area (Å²) in [6.07, 6.45) is 0.675. The molecule has 2 unspecified atom stereocenters. The number of aliphatic hydroxyl groups is 1. The maximum atomic E-state index is 11.6. The van der Waals surface area contributed by atoms with Gasteiger partial charge in [0.15, 0.2) is 0 Å². The van der Waals surface area contributed by atoms with Gasteiger partial charge in [-0.25, -0.2) is 0 Å². The number of aliphatic hydroxyl groups excluding tert-OH is 1. The molecule has 0 saturated carbocycles. The topological polar surface area (TPSA) is 70.6 Å². The molecule has 0 bridgehead atoms. The van der Waals surface area contributed by atoms with Gasteiger partial charge in [0.05, 0.1) is 19.3 Å². The number of nitrogens with one attached hydrogen (secondary N) is 2. The van der Waals surface area contributed by atoms with E-state index in [-0.39, 0.29) is 11.9 Å². The van der Waals surface area contributed by atoms with Crippen LogP contribution in [0.1, 0.15) is 26.7 Å². The maximum absolute atomic E-state index is 11.6. The van der Waals surface area contributed by atoms with Crippen LogP contribution < -0.4 is 10.6 Å². The number of rotatable bonds is 6. The van der Waals surface area contributed by atoms with E-state index in [0.717, 1.165) is 6.54 Å². The molecule has 100 valence electrons. The largest absolute Gasteiger partial charge is 0.391 e. The van der Waals surface area contributed by atoms with Crippen LogP contribution in [0.5, 0.6) is 0 Å². The van der Waals surface area contributed by atoms with Gasteiger partial charge >= 0.3 is 0 Å². The first-order chi connectivity index (χ1) is 8.08. The van der Waals surface area contributed by atoms with Crippen molar-refractivity contribution in [3.63, 3.8) is 0 Å². The zero-order chi connectivity index (χ0) is 12.7. The van der Waals surface area contributed by atoms with E-state index < -0.39 is 6.10 Å². The van der Waals surface area contributed by atoms with E-state index in [1.807, 2.05) is 13.8 Å². The van der Waals surface area contributed by atoms with Crippen LogP contribution in [0.15, 0.2) is 0 Å². The van der Waals surface area contributed by atoms with E-state index in [0.29, 0.717) is 38.5 Å². The van der Waals surface area contributed by atoms with Crippen molar-refractivity contribution < 1.29 is 14.6 Å². The fourth-order valence-corrected chi connectivity index (χ4v) is 1.91. The SMILES string of the molecule is CC(C)CC(O)CNC(=O)CC1COCCN1. The van der Waals surface area contributed by atoms with E-state index in [4.69, 9.17) is 4.74 Å². The molecule has 1 saturated heterocycles. The Morgan fingerprint density at radius 3 is 2.94 bits per heavy atom. The van der Waals surface area contributed by atoms with Gasteiger partial charge in [-0.15, -0.1) is 0 Å². The van der Waals surface area contributed by atoms with E-state index in [1.165, 1.54) is 0 Å². The lowest BCUT2D eigenvalue weighted by atomic mass is 10.1. The lowest BCUT2D eigenvalue weighted by Crippen LogP contribution is -2.45. The first-order valence-electron chi connectivity index (χ1n) is 6.33. The number of morpholine rings is 1. The molecule has 2 atom stereocenters. The molecule has 0 aromatic rings. The highest BCUT2D eigenvalue weighted by molar-refractivity contribution is 5.76. The molecule has 3 N–H and O–H groups in total. The Morgan fingerprint density at radius 2 is 2.35 bits per heavy atom. The maximum Gasteiger partial charge on any atom is 0.221 e. The van der Waals surface area contributed by atoms with Crippen LogP contribution in [0.4, 0.5) is 0 Å². The van der Waals surface area contributed by atoms with Gasteiger partial charge in [-0.2, -0.15) is 0 Å².